The van der Waals surface area contributed by atoms with E-state index in [1.54, 1.807) is 19.0 Å². The zero-order valence-corrected chi connectivity index (χ0v) is 30.1. The number of thiazole rings is 1. The number of rotatable bonds is 9. The average Bonchev–Trinajstić information content (AvgIpc) is 3.53. The molecule has 1 saturated heterocycles. The van der Waals surface area contributed by atoms with Gasteiger partial charge in [-0.25, -0.2) is 13.8 Å². The Hall–Kier alpha value is -3.97. The van der Waals surface area contributed by atoms with Gasteiger partial charge in [0.2, 0.25) is 0 Å². The van der Waals surface area contributed by atoms with Gasteiger partial charge in [0.15, 0.2) is 11.6 Å². The Morgan fingerprint density at radius 2 is 1.60 bits per heavy atom. The van der Waals surface area contributed by atoms with Crippen molar-refractivity contribution in [2.24, 2.45) is 5.16 Å². The molecule has 8 nitrogen and oxygen atoms in total. The molecule has 3 aromatic carbocycles. The Kier molecular flexibility index (Phi) is 10.5. The van der Waals surface area contributed by atoms with Crippen molar-refractivity contribution >= 4 is 47.3 Å². The van der Waals surface area contributed by atoms with E-state index in [9.17, 15) is 10.0 Å². The van der Waals surface area contributed by atoms with E-state index in [1.807, 2.05) is 50.2 Å². The van der Waals surface area contributed by atoms with Gasteiger partial charge >= 0.3 is 0 Å². The number of morpholine rings is 1. The second-order valence-corrected chi connectivity index (χ2v) is 18.5. The van der Waals surface area contributed by atoms with Crippen LogP contribution in [-0.2, 0) is 15.8 Å². The normalized spacial score (nSPS) is 17.4. The number of halogens is 2. The molecule has 0 spiro atoms. The number of nitrogens with zero attached hydrogens (tertiary/aromatic N) is 4. The Labute approximate surface area is 285 Å². The van der Waals surface area contributed by atoms with Crippen LogP contribution in [0.1, 0.15) is 61.2 Å². The summed E-state index contributed by atoms with van der Waals surface area (Å²) in [7, 11) is 0.0790. The van der Waals surface area contributed by atoms with E-state index in [2.05, 4.69) is 55.2 Å². The minimum Gasteiger partial charge on any atom is -0.410 e. The van der Waals surface area contributed by atoms with Gasteiger partial charge in [0.1, 0.15) is 16.4 Å². The van der Waals surface area contributed by atoms with Gasteiger partial charge in [-0.1, -0.05) is 86.6 Å². The second kappa shape index (κ2) is 14.3. The first kappa shape index (κ1) is 35.3. The molecule has 254 valence electrons. The standard InChI is InChI=1S/C36H42F2N4O4SSi/c1-23-19-42(20-24(2)46-23)33-25(18-28(30(37)31(33)38)32(40-44)34-39-29(22-47-34)35(43)41(6)7)21-45-48(36(3,4)5,26-14-10-8-11-15-26)27-16-12-9-13-17-27/h8-18,22-24,44H,19-21H2,1-7H3/b40-32-/t23-,24+. The Morgan fingerprint density at radius 1 is 1.04 bits per heavy atom. The van der Waals surface area contributed by atoms with E-state index in [0.717, 1.165) is 21.7 Å². The highest BCUT2D eigenvalue weighted by Crippen LogP contribution is 2.39. The third kappa shape index (κ3) is 6.80. The highest BCUT2D eigenvalue weighted by atomic mass is 32.1. The SMILES string of the molecule is C[C@@H]1CN(c2c(CO[Si](c3ccccc3)(c3ccccc3)C(C)(C)C)cc(/C(=N/O)c3nc(C(=O)N(C)C)cs3)c(F)c2F)C[C@H](C)O1. The highest BCUT2D eigenvalue weighted by molar-refractivity contribution is 7.12. The maximum Gasteiger partial charge on any atom is 0.272 e. The fourth-order valence-corrected chi connectivity index (χ4v) is 11.8. The molecule has 1 aliphatic heterocycles. The number of anilines is 1. The van der Waals surface area contributed by atoms with Crippen LogP contribution in [0.25, 0.3) is 0 Å². The van der Waals surface area contributed by atoms with Crippen LogP contribution in [-0.4, -0.2) is 74.4 Å². The van der Waals surface area contributed by atoms with E-state index in [-0.39, 0.29) is 57.4 Å². The zero-order chi connectivity index (χ0) is 34.8. The van der Waals surface area contributed by atoms with Crippen molar-refractivity contribution in [3.05, 3.63) is 106 Å². The van der Waals surface area contributed by atoms with Crippen molar-refractivity contribution in [3.63, 3.8) is 0 Å². The summed E-state index contributed by atoms with van der Waals surface area (Å²) in [6.45, 7) is 10.9. The van der Waals surface area contributed by atoms with Crippen LogP contribution in [0.2, 0.25) is 5.04 Å². The number of ether oxygens (including phenoxy) is 1. The van der Waals surface area contributed by atoms with Gasteiger partial charge < -0.3 is 24.2 Å². The van der Waals surface area contributed by atoms with Gasteiger partial charge in [0.25, 0.3) is 14.2 Å². The fourth-order valence-electron chi connectivity index (χ4n) is 6.52. The molecular formula is C36H42F2N4O4SSi. The molecule has 5 rings (SSSR count). The molecular weight excluding hydrogens is 651 g/mol. The fraction of sp³-hybridized carbons (Fsp3) is 0.361. The van der Waals surface area contributed by atoms with Gasteiger partial charge in [-0.15, -0.1) is 11.3 Å². The molecule has 2 heterocycles. The van der Waals surface area contributed by atoms with Gasteiger partial charge in [0, 0.05) is 43.7 Å². The Balaban J connectivity index is 1.69. The summed E-state index contributed by atoms with van der Waals surface area (Å²) in [5, 5.41) is 16.8. The number of hydrogen-bond donors (Lipinski definition) is 1. The molecule has 0 aliphatic carbocycles. The number of oxime groups is 1. The van der Waals surface area contributed by atoms with E-state index in [0.29, 0.717) is 18.7 Å². The molecule has 1 N–H and O–H groups in total. The summed E-state index contributed by atoms with van der Waals surface area (Å²) in [6.07, 6.45) is -0.447. The smallest absolute Gasteiger partial charge is 0.272 e. The minimum absolute atomic E-state index is 0.0616. The number of carbonyl (C=O) groups is 1. The van der Waals surface area contributed by atoms with Crippen molar-refractivity contribution < 1.29 is 27.9 Å². The number of carbonyl (C=O) groups excluding carboxylic acids is 1. The van der Waals surface area contributed by atoms with E-state index >= 15 is 8.78 Å². The molecule has 0 saturated carbocycles. The summed E-state index contributed by atoms with van der Waals surface area (Å²) < 4.78 is 46.0. The van der Waals surface area contributed by atoms with Gasteiger partial charge in [-0.2, -0.15) is 0 Å². The number of hydrogen-bond acceptors (Lipinski definition) is 8. The maximum atomic E-state index is 16.6. The van der Waals surface area contributed by atoms with Crippen LogP contribution in [0.15, 0.2) is 77.3 Å². The third-order valence-electron chi connectivity index (χ3n) is 8.54. The number of amides is 1. The lowest BCUT2D eigenvalue weighted by Crippen LogP contribution is -2.66. The lowest BCUT2D eigenvalue weighted by molar-refractivity contribution is -0.00553. The van der Waals surface area contributed by atoms with Crippen molar-refractivity contribution in [2.45, 2.75) is 58.5 Å². The number of aromatic nitrogens is 1. The van der Waals surface area contributed by atoms with E-state index < -0.39 is 20.0 Å². The molecule has 0 unspecified atom stereocenters. The topological polar surface area (TPSA) is 87.5 Å². The molecule has 0 bridgehead atoms. The van der Waals surface area contributed by atoms with Crippen molar-refractivity contribution in [1.82, 2.24) is 9.88 Å². The van der Waals surface area contributed by atoms with Gasteiger partial charge in [0.05, 0.1) is 24.5 Å². The summed E-state index contributed by atoms with van der Waals surface area (Å²) in [5.74, 6) is -2.64. The third-order valence-corrected chi connectivity index (χ3v) is 14.4. The Morgan fingerprint density at radius 3 is 2.10 bits per heavy atom. The molecule has 12 heteroatoms. The molecule has 2 atom stereocenters. The monoisotopic (exact) mass is 692 g/mol. The van der Waals surface area contributed by atoms with Gasteiger partial charge in [-0.05, 0) is 35.3 Å². The first-order valence-electron chi connectivity index (χ1n) is 15.8. The van der Waals surface area contributed by atoms with Crippen LogP contribution in [0, 0.1) is 11.6 Å². The van der Waals surface area contributed by atoms with Crippen molar-refractivity contribution in [3.8, 4) is 0 Å². The lowest BCUT2D eigenvalue weighted by Gasteiger charge is -2.43. The van der Waals surface area contributed by atoms with Crippen LogP contribution in [0.3, 0.4) is 0 Å². The molecule has 0 radical (unpaired) electrons. The molecule has 4 aromatic rings. The molecule has 48 heavy (non-hydrogen) atoms. The number of benzene rings is 3. The van der Waals surface area contributed by atoms with Gasteiger partial charge in [-0.3, -0.25) is 4.79 Å². The van der Waals surface area contributed by atoms with Crippen LogP contribution in [0.4, 0.5) is 14.5 Å². The molecule has 1 aliphatic rings. The first-order chi connectivity index (χ1) is 22.8. The molecule has 1 fully saturated rings. The van der Waals surface area contributed by atoms with Crippen LogP contribution in [0.5, 0.6) is 0 Å². The summed E-state index contributed by atoms with van der Waals surface area (Å²) in [4.78, 5) is 20.0. The Bertz CT molecular complexity index is 1730. The maximum absolute atomic E-state index is 16.6. The van der Waals surface area contributed by atoms with Crippen molar-refractivity contribution in [2.75, 3.05) is 32.1 Å². The average molecular weight is 693 g/mol. The van der Waals surface area contributed by atoms with E-state index in [1.165, 1.54) is 16.3 Å². The molecule has 1 amide bonds. The highest BCUT2D eigenvalue weighted by Gasteiger charge is 2.50. The zero-order valence-electron chi connectivity index (χ0n) is 28.3. The predicted octanol–water partition coefficient (Wildman–Crippen LogP) is 6.04. The minimum atomic E-state index is -3.09. The summed E-state index contributed by atoms with van der Waals surface area (Å²) >= 11 is 1.00. The van der Waals surface area contributed by atoms with E-state index in [4.69, 9.17) is 9.16 Å². The van der Waals surface area contributed by atoms with Crippen LogP contribution >= 0.6 is 11.3 Å². The first-order valence-corrected chi connectivity index (χ1v) is 18.6. The summed E-state index contributed by atoms with van der Waals surface area (Å²) in [5.41, 5.74) is 0.00489. The predicted molar refractivity (Wildman–Crippen MR) is 189 cm³/mol. The second-order valence-electron chi connectivity index (χ2n) is 13.4. The summed E-state index contributed by atoms with van der Waals surface area (Å²) in [6, 6.07) is 21.6. The van der Waals surface area contributed by atoms with Crippen molar-refractivity contribution in [1.29, 1.82) is 0 Å². The largest absolute Gasteiger partial charge is 0.410 e. The quantitative estimate of drug-likeness (QED) is 0.0997. The molecule has 1 aromatic heterocycles. The lowest BCUT2D eigenvalue weighted by atomic mass is 10.0. The van der Waals surface area contributed by atoms with Crippen LogP contribution < -0.4 is 15.3 Å².